The predicted octanol–water partition coefficient (Wildman–Crippen LogP) is 4.35. The van der Waals surface area contributed by atoms with Gasteiger partial charge in [-0.3, -0.25) is 9.69 Å². The van der Waals surface area contributed by atoms with Crippen LogP contribution >= 0.6 is 23.2 Å². The largest absolute Gasteiger partial charge is 0.436 e. The average molecular weight is 583 g/mol. The van der Waals surface area contributed by atoms with Crippen LogP contribution in [0.5, 0.6) is 11.6 Å². The molecule has 2 aromatic heterocycles. The molecule has 1 amide bonds. The number of likely N-dealkylation sites (tertiary alicyclic amines) is 1. The van der Waals surface area contributed by atoms with E-state index in [2.05, 4.69) is 43.1 Å². The number of piperidine rings is 1. The van der Waals surface area contributed by atoms with Crippen LogP contribution in [0.3, 0.4) is 0 Å². The predicted molar refractivity (Wildman–Crippen MR) is 156 cm³/mol. The molecule has 6 rings (SSSR count). The average Bonchev–Trinajstić information content (AvgIpc) is 3.42. The molecule has 2 saturated heterocycles. The minimum absolute atomic E-state index is 0.0442. The van der Waals surface area contributed by atoms with Crippen molar-refractivity contribution in [3.63, 3.8) is 0 Å². The van der Waals surface area contributed by atoms with Crippen molar-refractivity contribution in [2.75, 3.05) is 51.2 Å². The standard InChI is InChI=1S/C29H33Cl2N7O2/c1-18(39)34-28-24-16-37(17-25(24)28)15-19-8-26(20-10-21(30)12-22(31)11-20)35-27(9-19)40-23-13-32-29(33-14-23)38-5-3-4-36(2)6-7-38/h8-14,24-25,28H,3-7,15-17H2,1-2H3,(H,34,39)/t24-,25+,28?. The Hall–Kier alpha value is -2.98. The van der Waals surface area contributed by atoms with Gasteiger partial charge in [-0.15, -0.1) is 0 Å². The molecule has 0 spiro atoms. The summed E-state index contributed by atoms with van der Waals surface area (Å²) in [6.45, 7) is 8.13. The monoisotopic (exact) mass is 581 g/mol. The number of nitrogens with one attached hydrogen (secondary N) is 1. The van der Waals surface area contributed by atoms with Crippen LogP contribution in [0.25, 0.3) is 11.3 Å². The topological polar surface area (TPSA) is 86.7 Å². The minimum atomic E-state index is 0.0442. The summed E-state index contributed by atoms with van der Waals surface area (Å²) in [4.78, 5) is 32.4. The van der Waals surface area contributed by atoms with Crippen molar-refractivity contribution in [2.24, 2.45) is 11.8 Å². The molecular weight excluding hydrogens is 549 g/mol. The molecule has 1 saturated carbocycles. The van der Waals surface area contributed by atoms with Crippen molar-refractivity contribution in [2.45, 2.75) is 25.9 Å². The zero-order valence-electron chi connectivity index (χ0n) is 22.7. The Balaban J connectivity index is 1.20. The van der Waals surface area contributed by atoms with E-state index in [1.807, 2.05) is 18.2 Å². The molecule has 0 bridgehead atoms. The molecule has 1 aromatic carbocycles. The number of hydrogen-bond acceptors (Lipinski definition) is 8. The summed E-state index contributed by atoms with van der Waals surface area (Å²) in [5.41, 5.74) is 2.61. The van der Waals surface area contributed by atoms with Crippen molar-refractivity contribution >= 4 is 35.1 Å². The number of amides is 1. The fourth-order valence-corrected chi connectivity index (χ4v) is 6.42. The highest BCUT2D eigenvalue weighted by Gasteiger charge is 2.55. The molecule has 1 aliphatic carbocycles. The number of aromatic nitrogens is 3. The van der Waals surface area contributed by atoms with Gasteiger partial charge in [0.25, 0.3) is 0 Å². The highest BCUT2D eigenvalue weighted by molar-refractivity contribution is 6.35. The molecule has 40 heavy (non-hydrogen) atoms. The Morgan fingerprint density at radius 2 is 1.73 bits per heavy atom. The lowest BCUT2D eigenvalue weighted by atomic mass is 10.1. The van der Waals surface area contributed by atoms with Crippen LogP contribution in [-0.4, -0.2) is 83.0 Å². The van der Waals surface area contributed by atoms with Crippen molar-refractivity contribution in [3.8, 4) is 22.9 Å². The van der Waals surface area contributed by atoms with Crippen LogP contribution in [0.4, 0.5) is 5.95 Å². The lowest BCUT2D eigenvalue weighted by Crippen LogP contribution is -2.33. The molecule has 2 aliphatic heterocycles. The number of benzene rings is 1. The van der Waals surface area contributed by atoms with E-state index in [1.165, 1.54) is 0 Å². The lowest BCUT2D eigenvalue weighted by Gasteiger charge is -2.21. The number of halogens is 2. The third-order valence-corrected chi connectivity index (χ3v) is 8.34. The molecule has 1 N–H and O–H groups in total. The number of ether oxygens (including phenoxy) is 1. The SMILES string of the molecule is CC(=O)NC1[C@H]2CN(Cc3cc(Oc4cnc(N5CCCN(C)CC5)nc4)nc(-c4cc(Cl)cc(Cl)c4)c3)C[C@@H]12. The second kappa shape index (κ2) is 11.5. The molecule has 4 heterocycles. The number of carbonyl (C=O) groups excluding carboxylic acids is 1. The number of nitrogens with zero attached hydrogens (tertiary/aromatic N) is 6. The van der Waals surface area contributed by atoms with E-state index in [0.717, 1.165) is 69.1 Å². The van der Waals surface area contributed by atoms with Gasteiger partial charge >= 0.3 is 0 Å². The Labute approximate surface area is 244 Å². The maximum Gasteiger partial charge on any atom is 0.225 e. The van der Waals surface area contributed by atoms with E-state index in [0.29, 0.717) is 45.5 Å². The summed E-state index contributed by atoms with van der Waals surface area (Å²) in [5.74, 6) is 2.78. The normalized spacial score (nSPS) is 23.0. The Morgan fingerprint density at radius 1 is 1.00 bits per heavy atom. The first kappa shape index (κ1) is 27.2. The van der Waals surface area contributed by atoms with Crippen LogP contribution in [0.1, 0.15) is 18.9 Å². The number of likely N-dealkylation sites (N-methyl/N-ethyl adjacent to an activating group) is 1. The molecule has 3 atom stereocenters. The van der Waals surface area contributed by atoms with Gasteiger partial charge in [-0.05, 0) is 61.7 Å². The first-order valence-electron chi connectivity index (χ1n) is 13.7. The fourth-order valence-electron chi connectivity index (χ4n) is 5.89. The molecule has 0 radical (unpaired) electrons. The third kappa shape index (κ3) is 6.33. The zero-order valence-corrected chi connectivity index (χ0v) is 24.2. The number of anilines is 1. The maximum absolute atomic E-state index is 11.5. The van der Waals surface area contributed by atoms with Gasteiger partial charge < -0.3 is 19.9 Å². The minimum Gasteiger partial charge on any atom is -0.436 e. The Morgan fingerprint density at radius 3 is 2.42 bits per heavy atom. The van der Waals surface area contributed by atoms with Crippen LogP contribution < -0.4 is 15.0 Å². The number of fused-ring (bicyclic) bond motifs is 1. The Kier molecular flexibility index (Phi) is 7.81. The number of pyridine rings is 1. The summed E-state index contributed by atoms with van der Waals surface area (Å²) < 4.78 is 6.19. The van der Waals surface area contributed by atoms with Gasteiger partial charge in [0.15, 0.2) is 5.75 Å². The summed E-state index contributed by atoms with van der Waals surface area (Å²) in [5, 5.41) is 4.16. The fraction of sp³-hybridized carbons (Fsp3) is 0.448. The van der Waals surface area contributed by atoms with Crippen LogP contribution in [0.2, 0.25) is 10.0 Å². The molecule has 3 fully saturated rings. The summed E-state index contributed by atoms with van der Waals surface area (Å²) in [6.07, 6.45) is 4.49. The Bertz CT molecular complexity index is 1360. The van der Waals surface area contributed by atoms with Gasteiger partial charge in [0.2, 0.25) is 17.7 Å². The van der Waals surface area contributed by atoms with Crippen molar-refractivity contribution in [1.29, 1.82) is 0 Å². The number of rotatable bonds is 7. The van der Waals surface area contributed by atoms with Gasteiger partial charge in [-0.2, -0.15) is 0 Å². The quantitative estimate of drug-likeness (QED) is 0.441. The molecule has 3 aliphatic rings. The van der Waals surface area contributed by atoms with Gasteiger partial charge in [-0.1, -0.05) is 23.2 Å². The number of carbonyl (C=O) groups is 1. The first-order valence-corrected chi connectivity index (χ1v) is 14.5. The van der Waals surface area contributed by atoms with Crippen molar-refractivity contribution < 1.29 is 9.53 Å². The number of hydrogen-bond donors (Lipinski definition) is 1. The van der Waals surface area contributed by atoms with Crippen LogP contribution in [0.15, 0.2) is 42.7 Å². The third-order valence-electron chi connectivity index (χ3n) is 7.90. The van der Waals surface area contributed by atoms with E-state index >= 15 is 0 Å². The molecule has 11 heteroatoms. The van der Waals surface area contributed by atoms with Gasteiger partial charge in [0.05, 0.1) is 18.1 Å². The first-order chi connectivity index (χ1) is 19.3. The molecular formula is C29H33Cl2N7O2. The summed E-state index contributed by atoms with van der Waals surface area (Å²) in [7, 11) is 2.14. The van der Waals surface area contributed by atoms with Crippen molar-refractivity contribution in [3.05, 3.63) is 58.3 Å². The van der Waals surface area contributed by atoms with Crippen LogP contribution in [-0.2, 0) is 11.3 Å². The van der Waals surface area contributed by atoms with Crippen molar-refractivity contribution in [1.82, 2.24) is 30.1 Å². The highest BCUT2D eigenvalue weighted by Crippen LogP contribution is 2.46. The summed E-state index contributed by atoms with van der Waals surface area (Å²) in [6, 6.07) is 9.74. The molecule has 210 valence electrons. The summed E-state index contributed by atoms with van der Waals surface area (Å²) >= 11 is 12.6. The maximum atomic E-state index is 11.5. The van der Waals surface area contributed by atoms with E-state index in [-0.39, 0.29) is 5.91 Å². The zero-order chi connectivity index (χ0) is 27.8. The lowest BCUT2D eigenvalue weighted by molar-refractivity contribution is -0.119. The smallest absolute Gasteiger partial charge is 0.225 e. The van der Waals surface area contributed by atoms with Crippen LogP contribution in [0, 0.1) is 11.8 Å². The highest BCUT2D eigenvalue weighted by atomic mass is 35.5. The molecule has 9 nitrogen and oxygen atoms in total. The van der Waals surface area contributed by atoms with Gasteiger partial charge in [0, 0.05) is 73.9 Å². The molecule has 1 unspecified atom stereocenters. The van der Waals surface area contributed by atoms with E-state index < -0.39 is 0 Å². The second-order valence-electron chi connectivity index (χ2n) is 11.1. The second-order valence-corrected chi connectivity index (χ2v) is 11.9. The van der Waals surface area contributed by atoms with Gasteiger partial charge in [0.1, 0.15) is 0 Å². The van der Waals surface area contributed by atoms with E-state index in [4.69, 9.17) is 32.9 Å². The van der Waals surface area contributed by atoms with Gasteiger partial charge in [-0.25, -0.2) is 15.0 Å². The molecule has 3 aromatic rings. The van der Waals surface area contributed by atoms with E-state index in [9.17, 15) is 4.79 Å². The van der Waals surface area contributed by atoms with E-state index in [1.54, 1.807) is 25.4 Å².